The molecule has 0 aliphatic rings. The highest BCUT2D eigenvalue weighted by Gasteiger charge is 2.03. The lowest BCUT2D eigenvalue weighted by atomic mass is 10.3. The second kappa shape index (κ2) is 2.62. The molecule has 0 aliphatic carbocycles. The van der Waals surface area contributed by atoms with Crippen LogP contribution in [0, 0.1) is 0 Å². The summed E-state index contributed by atoms with van der Waals surface area (Å²) in [7, 11) is 0. The maximum atomic E-state index is 4.27. The fourth-order valence-corrected chi connectivity index (χ4v) is 1.20. The van der Waals surface area contributed by atoms with Crippen LogP contribution in [0.4, 0.5) is 0 Å². The van der Waals surface area contributed by atoms with Gasteiger partial charge in [0.25, 0.3) is 0 Å². The van der Waals surface area contributed by atoms with Gasteiger partial charge in [0.05, 0.1) is 5.69 Å². The minimum atomic E-state index is 0.921. The van der Waals surface area contributed by atoms with Crippen LogP contribution in [0.25, 0.3) is 5.65 Å². The Morgan fingerprint density at radius 1 is 1.33 bits per heavy atom. The highest BCUT2D eigenvalue weighted by Crippen LogP contribution is 2.04. The van der Waals surface area contributed by atoms with Crippen molar-refractivity contribution >= 4 is 5.65 Å². The van der Waals surface area contributed by atoms with Gasteiger partial charge in [-0.2, -0.15) is 5.10 Å². The first kappa shape index (κ1) is 7.34. The fourth-order valence-electron chi connectivity index (χ4n) is 1.20. The lowest BCUT2D eigenvalue weighted by Gasteiger charge is -1.83. The van der Waals surface area contributed by atoms with E-state index in [1.54, 1.807) is 4.63 Å². The van der Waals surface area contributed by atoms with Gasteiger partial charge in [0.2, 0.25) is 0 Å². The molecule has 64 valence electrons. The lowest BCUT2D eigenvalue weighted by Crippen LogP contribution is -1.90. The van der Waals surface area contributed by atoms with E-state index in [1.807, 2.05) is 6.07 Å². The molecule has 0 bridgehead atoms. The maximum Gasteiger partial charge on any atom is 0.155 e. The lowest BCUT2D eigenvalue weighted by molar-refractivity contribution is 0.767. The number of aromatic amines is 1. The Bertz CT molecular complexity index is 320. The second-order valence-electron chi connectivity index (χ2n) is 2.79. The zero-order valence-electron chi connectivity index (χ0n) is 7.33. The van der Waals surface area contributed by atoms with Gasteiger partial charge in [-0.1, -0.05) is 13.8 Å². The average Bonchev–Trinajstić information content (AvgIpc) is 2.59. The van der Waals surface area contributed by atoms with E-state index in [9.17, 15) is 0 Å². The Morgan fingerprint density at radius 3 is 2.75 bits per heavy atom. The number of rotatable bonds is 2. The van der Waals surface area contributed by atoms with E-state index in [0.29, 0.717) is 0 Å². The Balaban J connectivity index is 2.52. The monoisotopic (exact) mass is 164 g/mol. The maximum absolute atomic E-state index is 4.27. The average molecular weight is 164 g/mol. The van der Waals surface area contributed by atoms with Crippen LogP contribution in [0.1, 0.15) is 25.4 Å². The zero-order chi connectivity index (χ0) is 8.55. The molecule has 2 rings (SSSR count). The number of aryl methyl sites for hydroxylation is 2. The number of hydrogen-bond acceptors (Lipinski definition) is 2. The van der Waals surface area contributed by atoms with E-state index in [1.165, 1.54) is 0 Å². The molecule has 2 aromatic heterocycles. The molecule has 0 fully saturated rings. The van der Waals surface area contributed by atoms with Gasteiger partial charge >= 0.3 is 0 Å². The zero-order valence-corrected chi connectivity index (χ0v) is 7.33. The molecule has 12 heavy (non-hydrogen) atoms. The molecule has 0 spiro atoms. The van der Waals surface area contributed by atoms with E-state index < -0.39 is 0 Å². The summed E-state index contributed by atoms with van der Waals surface area (Å²) in [5.41, 5.74) is 2.07. The van der Waals surface area contributed by atoms with Crippen LogP contribution in [0.15, 0.2) is 6.07 Å². The summed E-state index contributed by atoms with van der Waals surface area (Å²) in [5.74, 6) is 0.986. The molecule has 0 aromatic carbocycles. The number of hydrogen-bond donors (Lipinski definition) is 1. The van der Waals surface area contributed by atoms with Crippen molar-refractivity contribution in [2.45, 2.75) is 26.7 Å². The van der Waals surface area contributed by atoms with Crippen LogP contribution in [0.2, 0.25) is 0 Å². The van der Waals surface area contributed by atoms with Crippen LogP contribution in [-0.2, 0) is 12.8 Å². The third kappa shape index (κ3) is 0.995. The van der Waals surface area contributed by atoms with Crippen molar-refractivity contribution in [3.63, 3.8) is 0 Å². The molecular formula is C8H12N4. The smallest absolute Gasteiger partial charge is 0.155 e. The minimum absolute atomic E-state index is 0.921. The standard InChI is InChI=1S/C8H12N4/c1-3-6-5-8-9-7(4-2)11-12(8)10-6/h5H,3-4H2,1-2H3,(H,9,11). The Hall–Kier alpha value is -1.32. The van der Waals surface area contributed by atoms with Gasteiger partial charge in [-0.15, -0.1) is 9.73 Å². The largest absolute Gasteiger partial charge is 0.325 e. The summed E-state index contributed by atoms with van der Waals surface area (Å²) in [6, 6.07) is 2.03. The molecule has 4 heteroatoms. The van der Waals surface area contributed by atoms with Crippen LogP contribution in [0.5, 0.6) is 0 Å². The van der Waals surface area contributed by atoms with E-state index in [4.69, 9.17) is 0 Å². The molecule has 0 unspecified atom stereocenters. The second-order valence-corrected chi connectivity index (χ2v) is 2.79. The van der Waals surface area contributed by atoms with E-state index in [2.05, 4.69) is 29.0 Å². The Labute approximate surface area is 70.6 Å². The molecule has 0 amide bonds. The summed E-state index contributed by atoms with van der Waals surface area (Å²) in [4.78, 5) is 3.19. The summed E-state index contributed by atoms with van der Waals surface area (Å²) >= 11 is 0. The van der Waals surface area contributed by atoms with E-state index in [0.717, 1.165) is 30.0 Å². The number of aromatic nitrogens is 4. The van der Waals surface area contributed by atoms with Gasteiger partial charge in [0.15, 0.2) is 5.65 Å². The van der Waals surface area contributed by atoms with Crippen LogP contribution < -0.4 is 0 Å². The highest BCUT2D eigenvalue weighted by atomic mass is 15.5. The SMILES string of the molecule is CCc1cc2[nH]c(CC)nn2n1. The Morgan fingerprint density at radius 2 is 2.17 bits per heavy atom. The van der Waals surface area contributed by atoms with Crippen molar-refractivity contribution in [1.82, 2.24) is 19.8 Å². The third-order valence-corrected chi connectivity index (χ3v) is 1.93. The van der Waals surface area contributed by atoms with Crippen molar-refractivity contribution in [1.29, 1.82) is 0 Å². The molecule has 4 nitrogen and oxygen atoms in total. The molecule has 2 heterocycles. The first-order valence-corrected chi connectivity index (χ1v) is 4.27. The van der Waals surface area contributed by atoms with Crippen molar-refractivity contribution in [2.24, 2.45) is 0 Å². The van der Waals surface area contributed by atoms with Crippen molar-refractivity contribution < 1.29 is 0 Å². The molecule has 2 aromatic rings. The van der Waals surface area contributed by atoms with Gasteiger partial charge in [-0.05, 0) is 6.42 Å². The van der Waals surface area contributed by atoms with Crippen LogP contribution in [0.3, 0.4) is 0 Å². The number of nitrogens with zero attached hydrogens (tertiary/aromatic N) is 3. The van der Waals surface area contributed by atoms with Crippen molar-refractivity contribution in [3.05, 3.63) is 17.6 Å². The molecule has 0 saturated heterocycles. The van der Waals surface area contributed by atoms with Crippen LogP contribution in [-0.4, -0.2) is 19.8 Å². The summed E-state index contributed by atoms with van der Waals surface area (Å²) in [5, 5.41) is 8.52. The Kier molecular flexibility index (Phi) is 1.60. The first-order valence-electron chi connectivity index (χ1n) is 4.27. The normalized spacial score (nSPS) is 11.2. The predicted octanol–water partition coefficient (Wildman–Crippen LogP) is 1.18. The first-order chi connectivity index (χ1) is 5.83. The number of fused-ring (bicyclic) bond motifs is 1. The fraction of sp³-hybridized carbons (Fsp3) is 0.500. The minimum Gasteiger partial charge on any atom is -0.325 e. The van der Waals surface area contributed by atoms with Gasteiger partial charge in [0.1, 0.15) is 5.82 Å². The van der Waals surface area contributed by atoms with E-state index in [-0.39, 0.29) is 0 Å². The number of nitrogens with one attached hydrogen (secondary N) is 1. The molecular weight excluding hydrogens is 152 g/mol. The van der Waals surface area contributed by atoms with E-state index >= 15 is 0 Å². The van der Waals surface area contributed by atoms with Gasteiger partial charge in [-0.25, -0.2) is 0 Å². The highest BCUT2D eigenvalue weighted by molar-refractivity contribution is 5.38. The number of H-pyrrole nitrogens is 1. The van der Waals surface area contributed by atoms with Crippen LogP contribution >= 0.6 is 0 Å². The summed E-state index contributed by atoms with van der Waals surface area (Å²) in [6.07, 6.45) is 1.88. The third-order valence-electron chi connectivity index (χ3n) is 1.93. The molecule has 1 N–H and O–H groups in total. The summed E-state index contributed by atoms with van der Waals surface area (Å²) < 4.78 is 1.66. The molecule has 0 atom stereocenters. The van der Waals surface area contributed by atoms with Gasteiger partial charge < -0.3 is 4.98 Å². The molecule has 0 radical (unpaired) electrons. The predicted molar refractivity (Wildman–Crippen MR) is 46.1 cm³/mol. The molecule has 0 saturated carbocycles. The van der Waals surface area contributed by atoms with Crippen molar-refractivity contribution in [3.8, 4) is 0 Å². The quantitative estimate of drug-likeness (QED) is 0.724. The van der Waals surface area contributed by atoms with Gasteiger partial charge in [-0.3, -0.25) is 0 Å². The topological polar surface area (TPSA) is 46.0 Å². The van der Waals surface area contributed by atoms with Crippen molar-refractivity contribution in [2.75, 3.05) is 0 Å². The summed E-state index contributed by atoms with van der Waals surface area (Å²) in [6.45, 7) is 4.15. The van der Waals surface area contributed by atoms with Gasteiger partial charge in [0, 0.05) is 12.5 Å². The molecule has 0 aliphatic heterocycles.